The van der Waals surface area contributed by atoms with E-state index in [4.69, 9.17) is 4.74 Å². The number of carbonyl (C=O) groups is 1. The topological polar surface area (TPSA) is 26.3 Å². The molecule has 0 radical (unpaired) electrons. The van der Waals surface area contributed by atoms with Gasteiger partial charge in [-0.1, -0.05) is 12.1 Å². The molecule has 1 aromatic rings. The molecule has 1 rings (SSSR count). The Bertz CT molecular complexity index is 383. The first-order valence-electron chi connectivity index (χ1n) is 4.74. The maximum atomic E-state index is 10.7. The molecule has 2 nitrogen and oxygen atoms in total. The predicted molar refractivity (Wildman–Crippen MR) is 65.0 cm³/mol. The van der Waals surface area contributed by atoms with E-state index in [0.29, 0.717) is 6.61 Å². The standard InChI is InChI=1S/C12H13BrO2/c1-3-15-12-7-6-10(8-11(12)13)5-4-9(2)14/h4-8H,3H2,1-2H3. The van der Waals surface area contributed by atoms with E-state index in [1.165, 1.54) is 6.92 Å². The summed E-state index contributed by atoms with van der Waals surface area (Å²) in [6.45, 7) is 4.11. The van der Waals surface area contributed by atoms with Crippen LogP contribution < -0.4 is 4.74 Å². The molecule has 0 bridgehead atoms. The highest BCUT2D eigenvalue weighted by Crippen LogP contribution is 2.26. The van der Waals surface area contributed by atoms with Gasteiger partial charge in [-0.3, -0.25) is 4.79 Å². The third-order valence-corrected chi connectivity index (χ3v) is 2.39. The van der Waals surface area contributed by atoms with Crippen LogP contribution in [0.1, 0.15) is 19.4 Å². The summed E-state index contributed by atoms with van der Waals surface area (Å²) in [5, 5.41) is 0. The molecule has 1 aromatic carbocycles. The quantitative estimate of drug-likeness (QED) is 0.782. The lowest BCUT2D eigenvalue weighted by atomic mass is 10.2. The van der Waals surface area contributed by atoms with Gasteiger partial charge in [-0.15, -0.1) is 0 Å². The normalized spacial score (nSPS) is 10.6. The van der Waals surface area contributed by atoms with E-state index in [9.17, 15) is 4.79 Å². The van der Waals surface area contributed by atoms with Crippen LogP contribution in [0.4, 0.5) is 0 Å². The second-order valence-corrected chi connectivity index (χ2v) is 3.92. The van der Waals surface area contributed by atoms with Gasteiger partial charge in [0, 0.05) is 0 Å². The van der Waals surface area contributed by atoms with Crippen molar-refractivity contribution in [3.8, 4) is 5.75 Å². The zero-order valence-electron chi connectivity index (χ0n) is 8.79. The maximum Gasteiger partial charge on any atom is 0.152 e. The monoisotopic (exact) mass is 268 g/mol. The third-order valence-electron chi connectivity index (χ3n) is 1.77. The molecule has 0 atom stereocenters. The van der Waals surface area contributed by atoms with Crippen molar-refractivity contribution in [3.63, 3.8) is 0 Å². The molecule has 3 heteroatoms. The minimum atomic E-state index is 0.0417. The molecule has 0 saturated carbocycles. The minimum absolute atomic E-state index is 0.0417. The van der Waals surface area contributed by atoms with Crippen LogP contribution in [0.2, 0.25) is 0 Å². The van der Waals surface area contributed by atoms with Gasteiger partial charge in [0.2, 0.25) is 0 Å². The number of benzene rings is 1. The van der Waals surface area contributed by atoms with Gasteiger partial charge in [-0.05, 0) is 53.5 Å². The number of ether oxygens (including phenoxy) is 1. The summed E-state index contributed by atoms with van der Waals surface area (Å²) >= 11 is 3.41. The van der Waals surface area contributed by atoms with Crippen LogP contribution in [0.25, 0.3) is 6.08 Å². The van der Waals surface area contributed by atoms with E-state index in [-0.39, 0.29) is 5.78 Å². The number of carbonyl (C=O) groups excluding carboxylic acids is 1. The first kappa shape index (κ1) is 12.0. The van der Waals surface area contributed by atoms with Gasteiger partial charge in [-0.2, -0.15) is 0 Å². The molecule has 0 aliphatic rings. The molecule has 0 aromatic heterocycles. The van der Waals surface area contributed by atoms with Gasteiger partial charge in [0.1, 0.15) is 5.75 Å². The molecule has 0 amide bonds. The molecule has 0 saturated heterocycles. The first-order chi connectivity index (χ1) is 7.13. The van der Waals surface area contributed by atoms with Gasteiger partial charge < -0.3 is 4.74 Å². The average molecular weight is 269 g/mol. The van der Waals surface area contributed by atoms with Gasteiger partial charge >= 0.3 is 0 Å². The molecule has 0 spiro atoms. The molecule has 80 valence electrons. The molecule has 0 unspecified atom stereocenters. The molecule has 0 heterocycles. The van der Waals surface area contributed by atoms with Crippen molar-refractivity contribution in [3.05, 3.63) is 34.3 Å². The summed E-state index contributed by atoms with van der Waals surface area (Å²) < 4.78 is 6.28. The van der Waals surface area contributed by atoms with Crippen LogP contribution in [0.3, 0.4) is 0 Å². The fraction of sp³-hybridized carbons (Fsp3) is 0.250. The van der Waals surface area contributed by atoms with Crippen LogP contribution in [0.5, 0.6) is 5.75 Å². The minimum Gasteiger partial charge on any atom is -0.493 e. The zero-order valence-corrected chi connectivity index (χ0v) is 10.4. The SMILES string of the molecule is CCOc1ccc(C=CC(C)=O)cc1Br. The summed E-state index contributed by atoms with van der Waals surface area (Å²) in [4.78, 5) is 10.7. The van der Waals surface area contributed by atoms with E-state index < -0.39 is 0 Å². The Morgan fingerprint density at radius 1 is 1.53 bits per heavy atom. The highest BCUT2D eigenvalue weighted by Gasteiger charge is 2.00. The van der Waals surface area contributed by atoms with Crippen molar-refractivity contribution in [2.24, 2.45) is 0 Å². The third kappa shape index (κ3) is 3.88. The average Bonchev–Trinajstić information content (AvgIpc) is 2.19. The van der Waals surface area contributed by atoms with Crippen molar-refractivity contribution in [2.75, 3.05) is 6.61 Å². The zero-order chi connectivity index (χ0) is 11.3. The lowest BCUT2D eigenvalue weighted by Crippen LogP contribution is -1.92. The summed E-state index contributed by atoms with van der Waals surface area (Å²) in [5.41, 5.74) is 0.973. The largest absolute Gasteiger partial charge is 0.493 e. The van der Waals surface area contributed by atoms with E-state index in [1.807, 2.05) is 25.1 Å². The number of halogens is 1. The van der Waals surface area contributed by atoms with Gasteiger partial charge in [0.05, 0.1) is 11.1 Å². The van der Waals surface area contributed by atoms with Gasteiger partial charge in [0.25, 0.3) is 0 Å². The smallest absolute Gasteiger partial charge is 0.152 e. The summed E-state index contributed by atoms with van der Waals surface area (Å²) in [5.74, 6) is 0.859. The van der Waals surface area contributed by atoms with Crippen LogP contribution in [0, 0.1) is 0 Å². The Balaban J connectivity index is 2.86. The van der Waals surface area contributed by atoms with Crippen LogP contribution in [-0.4, -0.2) is 12.4 Å². The molecule has 15 heavy (non-hydrogen) atoms. The number of allylic oxidation sites excluding steroid dienone is 1. The Labute approximate surface area is 98.1 Å². The van der Waals surface area contributed by atoms with Crippen molar-refractivity contribution >= 4 is 27.8 Å². The van der Waals surface area contributed by atoms with Crippen LogP contribution in [0.15, 0.2) is 28.7 Å². The Hall–Kier alpha value is -1.09. The fourth-order valence-corrected chi connectivity index (χ4v) is 1.62. The molecule has 0 fully saturated rings. The van der Waals surface area contributed by atoms with Crippen molar-refractivity contribution in [2.45, 2.75) is 13.8 Å². The van der Waals surface area contributed by atoms with E-state index in [2.05, 4.69) is 15.9 Å². The number of hydrogen-bond donors (Lipinski definition) is 0. The molecule has 0 N–H and O–H groups in total. The predicted octanol–water partition coefficient (Wildman–Crippen LogP) is 3.45. The Kier molecular flexibility index (Phi) is 4.56. The van der Waals surface area contributed by atoms with Crippen LogP contribution >= 0.6 is 15.9 Å². The van der Waals surface area contributed by atoms with E-state index in [0.717, 1.165) is 15.8 Å². The van der Waals surface area contributed by atoms with Crippen molar-refractivity contribution in [1.29, 1.82) is 0 Å². The Morgan fingerprint density at radius 3 is 2.80 bits per heavy atom. The molecular formula is C12H13BrO2. The number of rotatable bonds is 4. The van der Waals surface area contributed by atoms with Crippen molar-refractivity contribution < 1.29 is 9.53 Å². The maximum absolute atomic E-state index is 10.7. The molecule has 0 aliphatic heterocycles. The summed E-state index contributed by atoms with van der Waals surface area (Å²) in [6, 6.07) is 5.72. The van der Waals surface area contributed by atoms with Gasteiger partial charge in [0.15, 0.2) is 5.78 Å². The fourth-order valence-electron chi connectivity index (χ4n) is 1.11. The summed E-state index contributed by atoms with van der Waals surface area (Å²) in [7, 11) is 0. The number of hydrogen-bond acceptors (Lipinski definition) is 2. The van der Waals surface area contributed by atoms with E-state index in [1.54, 1.807) is 12.2 Å². The van der Waals surface area contributed by atoms with Crippen molar-refractivity contribution in [1.82, 2.24) is 0 Å². The lowest BCUT2D eigenvalue weighted by Gasteiger charge is -2.05. The molecular weight excluding hydrogens is 256 g/mol. The second-order valence-electron chi connectivity index (χ2n) is 3.07. The van der Waals surface area contributed by atoms with Crippen LogP contribution in [-0.2, 0) is 4.79 Å². The van der Waals surface area contributed by atoms with E-state index >= 15 is 0 Å². The first-order valence-corrected chi connectivity index (χ1v) is 5.53. The summed E-state index contributed by atoms with van der Waals surface area (Å²) in [6.07, 6.45) is 3.32. The lowest BCUT2D eigenvalue weighted by molar-refractivity contribution is -0.112. The second kappa shape index (κ2) is 5.71. The highest BCUT2D eigenvalue weighted by molar-refractivity contribution is 9.10. The van der Waals surface area contributed by atoms with Gasteiger partial charge in [-0.25, -0.2) is 0 Å². The Morgan fingerprint density at radius 2 is 2.27 bits per heavy atom. The highest BCUT2D eigenvalue weighted by atomic mass is 79.9. The molecule has 0 aliphatic carbocycles. The number of ketones is 1.